The first-order valence-corrected chi connectivity index (χ1v) is 6.50. The number of aliphatic hydroxyl groups is 1. The van der Waals surface area contributed by atoms with Gasteiger partial charge in [-0.3, -0.25) is 0 Å². The molecule has 0 atom stereocenters. The van der Waals surface area contributed by atoms with Gasteiger partial charge in [0.25, 0.3) is 0 Å². The van der Waals surface area contributed by atoms with Gasteiger partial charge in [0.2, 0.25) is 0 Å². The number of aromatic hydroxyl groups is 1. The number of fused-ring (bicyclic) bond motifs is 1. The Bertz CT molecular complexity index is 765. The van der Waals surface area contributed by atoms with E-state index in [1.165, 1.54) is 16.4 Å². The highest BCUT2D eigenvalue weighted by atomic mass is 16.3. The Morgan fingerprint density at radius 3 is 2.50 bits per heavy atom. The summed E-state index contributed by atoms with van der Waals surface area (Å²) in [7, 11) is 0. The predicted molar refractivity (Wildman–Crippen MR) is 75.8 cm³/mol. The topological polar surface area (TPSA) is 71.2 Å². The Hall–Kier alpha value is -2.40. The molecule has 0 aliphatic rings. The molecule has 3 aromatic rings. The van der Waals surface area contributed by atoms with E-state index in [0.29, 0.717) is 11.3 Å². The van der Waals surface area contributed by atoms with Gasteiger partial charge in [0.1, 0.15) is 22.5 Å². The molecule has 102 valence electrons. The Kier molecular flexibility index (Phi) is 3.12. The minimum atomic E-state index is -0.0892. The second-order valence-corrected chi connectivity index (χ2v) is 4.65. The standard InChI is InChI=1S/C15H15N3O2/c1-2-10-3-5-12-13(7-10)17-18(16-12)14-8-11(9-19)4-6-15(14)20/h3-8,19-20H,2,9H2,1H3. The maximum atomic E-state index is 9.93. The number of hydrogen-bond donors (Lipinski definition) is 2. The number of benzene rings is 2. The molecule has 0 bridgehead atoms. The highest BCUT2D eigenvalue weighted by Gasteiger charge is 2.10. The molecule has 0 aliphatic carbocycles. The summed E-state index contributed by atoms with van der Waals surface area (Å²) in [5.74, 6) is 0.0817. The van der Waals surface area contributed by atoms with Gasteiger partial charge < -0.3 is 10.2 Å². The molecule has 0 radical (unpaired) electrons. The molecule has 0 unspecified atom stereocenters. The van der Waals surface area contributed by atoms with E-state index in [0.717, 1.165) is 17.5 Å². The molecule has 3 rings (SSSR count). The third kappa shape index (κ3) is 2.12. The minimum Gasteiger partial charge on any atom is -0.506 e. The Morgan fingerprint density at radius 1 is 1.00 bits per heavy atom. The molecule has 2 N–H and O–H groups in total. The predicted octanol–water partition coefficient (Wildman–Crippen LogP) is 2.18. The van der Waals surface area contributed by atoms with Crippen LogP contribution in [0.3, 0.4) is 0 Å². The van der Waals surface area contributed by atoms with Crippen molar-refractivity contribution >= 4 is 11.0 Å². The summed E-state index contributed by atoms with van der Waals surface area (Å²) in [6.45, 7) is 2.00. The summed E-state index contributed by atoms with van der Waals surface area (Å²) >= 11 is 0. The van der Waals surface area contributed by atoms with Crippen LogP contribution in [0.4, 0.5) is 0 Å². The van der Waals surface area contributed by atoms with Crippen molar-refractivity contribution in [1.82, 2.24) is 15.0 Å². The molecule has 0 saturated carbocycles. The zero-order valence-electron chi connectivity index (χ0n) is 11.1. The number of phenolic OH excluding ortho intramolecular Hbond substituents is 1. The van der Waals surface area contributed by atoms with E-state index in [9.17, 15) is 10.2 Å². The van der Waals surface area contributed by atoms with Gasteiger partial charge >= 0.3 is 0 Å². The summed E-state index contributed by atoms with van der Waals surface area (Å²) in [4.78, 5) is 1.40. The fourth-order valence-corrected chi connectivity index (χ4v) is 2.12. The van der Waals surface area contributed by atoms with Gasteiger partial charge in [-0.25, -0.2) is 0 Å². The lowest BCUT2D eigenvalue weighted by molar-refractivity contribution is 0.281. The maximum Gasteiger partial charge on any atom is 0.143 e. The summed E-state index contributed by atoms with van der Waals surface area (Å²) in [5.41, 5.74) is 3.92. The molecule has 1 heterocycles. The lowest BCUT2D eigenvalue weighted by Crippen LogP contribution is -2.00. The van der Waals surface area contributed by atoms with Crippen LogP contribution < -0.4 is 0 Å². The van der Waals surface area contributed by atoms with Gasteiger partial charge in [-0.15, -0.1) is 15.0 Å². The normalized spacial score (nSPS) is 11.1. The lowest BCUT2D eigenvalue weighted by Gasteiger charge is -2.04. The minimum absolute atomic E-state index is 0.0817. The van der Waals surface area contributed by atoms with Crippen molar-refractivity contribution in [3.05, 3.63) is 47.5 Å². The van der Waals surface area contributed by atoms with Gasteiger partial charge in [-0.1, -0.05) is 19.1 Å². The average Bonchev–Trinajstić information content (AvgIpc) is 2.90. The van der Waals surface area contributed by atoms with Crippen LogP contribution in [0.2, 0.25) is 0 Å². The lowest BCUT2D eigenvalue weighted by atomic mass is 10.1. The smallest absolute Gasteiger partial charge is 0.143 e. The molecule has 20 heavy (non-hydrogen) atoms. The SMILES string of the molecule is CCc1ccc2nn(-c3cc(CO)ccc3O)nc2c1. The summed E-state index contributed by atoms with van der Waals surface area (Å²) in [6, 6.07) is 10.8. The van der Waals surface area contributed by atoms with Crippen molar-refractivity contribution in [2.24, 2.45) is 0 Å². The molecule has 2 aromatic carbocycles. The van der Waals surface area contributed by atoms with Crippen molar-refractivity contribution < 1.29 is 10.2 Å². The molecule has 0 spiro atoms. The third-order valence-electron chi connectivity index (χ3n) is 3.29. The number of rotatable bonds is 3. The largest absolute Gasteiger partial charge is 0.506 e. The van der Waals surface area contributed by atoms with Crippen LogP contribution in [-0.2, 0) is 13.0 Å². The van der Waals surface area contributed by atoms with Crippen LogP contribution in [-0.4, -0.2) is 25.2 Å². The van der Waals surface area contributed by atoms with Crippen molar-refractivity contribution in [3.63, 3.8) is 0 Å². The quantitative estimate of drug-likeness (QED) is 0.764. The van der Waals surface area contributed by atoms with Crippen LogP contribution in [0, 0.1) is 0 Å². The van der Waals surface area contributed by atoms with E-state index in [4.69, 9.17) is 0 Å². The van der Waals surface area contributed by atoms with Gasteiger partial charge in [-0.05, 0) is 41.8 Å². The van der Waals surface area contributed by atoms with E-state index < -0.39 is 0 Å². The third-order valence-corrected chi connectivity index (χ3v) is 3.29. The fraction of sp³-hybridized carbons (Fsp3) is 0.200. The number of nitrogens with zero attached hydrogens (tertiary/aromatic N) is 3. The molecule has 0 saturated heterocycles. The monoisotopic (exact) mass is 269 g/mol. The van der Waals surface area contributed by atoms with E-state index in [1.807, 2.05) is 18.2 Å². The second-order valence-electron chi connectivity index (χ2n) is 4.65. The first-order valence-electron chi connectivity index (χ1n) is 6.50. The van der Waals surface area contributed by atoms with Crippen LogP contribution in [0.25, 0.3) is 16.7 Å². The zero-order valence-corrected chi connectivity index (χ0v) is 11.1. The van der Waals surface area contributed by atoms with E-state index in [2.05, 4.69) is 17.1 Å². The van der Waals surface area contributed by atoms with Crippen molar-refractivity contribution in [2.75, 3.05) is 0 Å². The van der Waals surface area contributed by atoms with Crippen LogP contribution in [0.5, 0.6) is 5.75 Å². The molecule has 5 nitrogen and oxygen atoms in total. The fourth-order valence-electron chi connectivity index (χ4n) is 2.12. The first-order chi connectivity index (χ1) is 9.71. The molecular weight excluding hydrogens is 254 g/mol. The van der Waals surface area contributed by atoms with Crippen molar-refractivity contribution in [2.45, 2.75) is 20.0 Å². The van der Waals surface area contributed by atoms with Crippen LogP contribution in [0.15, 0.2) is 36.4 Å². The zero-order chi connectivity index (χ0) is 14.1. The molecule has 1 aromatic heterocycles. The summed E-state index contributed by atoms with van der Waals surface area (Å²) < 4.78 is 0. The molecule has 0 amide bonds. The number of phenols is 1. The number of aromatic nitrogens is 3. The van der Waals surface area contributed by atoms with E-state index in [-0.39, 0.29) is 12.4 Å². The number of aliphatic hydroxyl groups excluding tert-OH is 1. The first kappa shape index (κ1) is 12.6. The Labute approximate surface area is 116 Å². The Morgan fingerprint density at radius 2 is 1.75 bits per heavy atom. The highest BCUT2D eigenvalue weighted by molar-refractivity contribution is 5.74. The van der Waals surface area contributed by atoms with Gasteiger partial charge in [0.05, 0.1) is 6.61 Å². The second kappa shape index (κ2) is 4.94. The Balaban J connectivity index is 2.14. The molecule has 0 aliphatic heterocycles. The highest BCUT2D eigenvalue weighted by Crippen LogP contribution is 2.23. The van der Waals surface area contributed by atoms with Gasteiger partial charge in [0.15, 0.2) is 0 Å². The van der Waals surface area contributed by atoms with Gasteiger partial charge in [-0.2, -0.15) is 0 Å². The van der Waals surface area contributed by atoms with Crippen LogP contribution >= 0.6 is 0 Å². The van der Waals surface area contributed by atoms with Crippen LogP contribution in [0.1, 0.15) is 18.1 Å². The van der Waals surface area contributed by atoms with Crippen molar-refractivity contribution in [1.29, 1.82) is 0 Å². The number of hydrogen-bond acceptors (Lipinski definition) is 4. The maximum absolute atomic E-state index is 9.93. The average molecular weight is 269 g/mol. The van der Waals surface area contributed by atoms with E-state index in [1.54, 1.807) is 12.1 Å². The molecule has 5 heteroatoms. The van der Waals surface area contributed by atoms with Gasteiger partial charge in [0, 0.05) is 0 Å². The number of aryl methyl sites for hydroxylation is 1. The molecular formula is C15H15N3O2. The molecule has 0 fully saturated rings. The summed E-state index contributed by atoms with van der Waals surface area (Å²) in [5, 5.41) is 27.9. The van der Waals surface area contributed by atoms with E-state index >= 15 is 0 Å². The summed E-state index contributed by atoms with van der Waals surface area (Å²) in [6.07, 6.45) is 0.939. The van der Waals surface area contributed by atoms with Crippen molar-refractivity contribution in [3.8, 4) is 11.4 Å².